The quantitative estimate of drug-likeness (QED) is 0.714. The Kier molecular flexibility index (Phi) is 4.52. The van der Waals surface area contributed by atoms with E-state index >= 15 is 0 Å². The van der Waals surface area contributed by atoms with Crippen LogP contribution in [-0.4, -0.2) is 16.2 Å². The molecule has 6 heteroatoms. The van der Waals surface area contributed by atoms with Crippen molar-refractivity contribution in [1.29, 1.82) is 0 Å². The van der Waals surface area contributed by atoms with E-state index in [2.05, 4.69) is 26.1 Å². The van der Waals surface area contributed by atoms with Gasteiger partial charge in [0.25, 0.3) is 5.56 Å². The molecule has 3 rings (SSSR count). The summed E-state index contributed by atoms with van der Waals surface area (Å²) in [7, 11) is 0. The maximum Gasteiger partial charge on any atom is 0.312 e. The van der Waals surface area contributed by atoms with Gasteiger partial charge in [0.2, 0.25) is 0 Å². The summed E-state index contributed by atoms with van der Waals surface area (Å²) in [4.78, 5) is 23.8. The van der Waals surface area contributed by atoms with Gasteiger partial charge in [-0.3, -0.25) is 9.59 Å². The minimum absolute atomic E-state index is 0.00173. The number of fused-ring (bicyclic) bond motifs is 1. The Hall–Kier alpha value is -2.47. The molecule has 0 aliphatic carbocycles. The number of aromatic nitrogens is 2. The van der Waals surface area contributed by atoms with Crippen molar-refractivity contribution in [3.05, 3.63) is 74.6 Å². The monoisotopic (exact) mass is 372 g/mol. The molecule has 0 radical (unpaired) electrons. The molecule has 0 saturated heterocycles. The van der Waals surface area contributed by atoms with Gasteiger partial charge >= 0.3 is 5.97 Å². The van der Waals surface area contributed by atoms with E-state index in [4.69, 9.17) is 4.74 Å². The molecule has 23 heavy (non-hydrogen) atoms. The molecule has 0 fully saturated rings. The maximum atomic E-state index is 12.1. The van der Waals surface area contributed by atoms with Crippen molar-refractivity contribution in [2.24, 2.45) is 0 Å². The number of hydrogen-bond donors (Lipinski definition) is 1. The first kappa shape index (κ1) is 15.4. The third-order valence-corrected chi connectivity index (χ3v) is 4.21. The number of carbonyl (C=O) groups is 1. The number of nitrogens with zero attached hydrogens (tertiary/aromatic N) is 1. The summed E-state index contributed by atoms with van der Waals surface area (Å²) in [5.74, 6) is -0.398. The lowest BCUT2D eigenvalue weighted by atomic mass is 10.1. The Labute approximate surface area is 140 Å². The van der Waals surface area contributed by atoms with Crippen LogP contribution in [0.1, 0.15) is 11.3 Å². The van der Waals surface area contributed by atoms with Crippen molar-refractivity contribution >= 4 is 32.7 Å². The van der Waals surface area contributed by atoms with Gasteiger partial charge in [-0.1, -0.05) is 52.3 Å². The van der Waals surface area contributed by atoms with E-state index in [1.54, 1.807) is 24.3 Å². The third-order valence-electron chi connectivity index (χ3n) is 3.43. The molecule has 0 atom stereocenters. The average Bonchev–Trinajstić information content (AvgIpc) is 2.57. The predicted molar refractivity (Wildman–Crippen MR) is 90.0 cm³/mol. The largest absolute Gasteiger partial charge is 0.460 e. The van der Waals surface area contributed by atoms with Crippen LogP contribution >= 0.6 is 15.9 Å². The summed E-state index contributed by atoms with van der Waals surface area (Å²) in [6.07, 6.45) is 0.00173. The van der Waals surface area contributed by atoms with Crippen LogP contribution in [0, 0.1) is 0 Å². The second-order valence-electron chi connectivity index (χ2n) is 4.97. The van der Waals surface area contributed by atoms with Crippen LogP contribution in [0.2, 0.25) is 0 Å². The van der Waals surface area contributed by atoms with Gasteiger partial charge in [-0.25, -0.2) is 5.10 Å². The van der Waals surface area contributed by atoms with Gasteiger partial charge in [0.05, 0.1) is 17.5 Å². The van der Waals surface area contributed by atoms with Crippen LogP contribution in [0.3, 0.4) is 0 Å². The van der Waals surface area contributed by atoms with Gasteiger partial charge in [-0.2, -0.15) is 5.10 Å². The van der Waals surface area contributed by atoms with E-state index in [-0.39, 0.29) is 18.6 Å². The number of esters is 1. The standard InChI is InChI=1S/C17H13BrN2O3/c18-14-8-4-1-5-11(14)10-23-16(21)9-15-12-6-2-3-7-13(12)17(22)20-19-15/h1-8H,9-10H2,(H,20,22). The normalized spacial score (nSPS) is 10.7. The first-order valence-corrected chi connectivity index (χ1v) is 7.80. The number of ether oxygens (including phenoxy) is 1. The molecule has 0 aliphatic heterocycles. The molecule has 0 aliphatic rings. The van der Waals surface area contributed by atoms with Crippen molar-refractivity contribution in [1.82, 2.24) is 10.2 Å². The van der Waals surface area contributed by atoms with Crippen molar-refractivity contribution in [3.8, 4) is 0 Å². The number of carbonyl (C=O) groups excluding carboxylic acids is 1. The lowest BCUT2D eigenvalue weighted by molar-refractivity contribution is -0.144. The highest BCUT2D eigenvalue weighted by atomic mass is 79.9. The third kappa shape index (κ3) is 3.48. The van der Waals surface area contributed by atoms with Gasteiger partial charge < -0.3 is 4.74 Å². The topological polar surface area (TPSA) is 72.0 Å². The molecule has 1 N–H and O–H groups in total. The zero-order valence-corrected chi connectivity index (χ0v) is 13.7. The van der Waals surface area contributed by atoms with Crippen LogP contribution in [0.4, 0.5) is 0 Å². The summed E-state index contributed by atoms with van der Waals surface area (Å²) in [5, 5.41) is 7.55. The highest BCUT2D eigenvalue weighted by Crippen LogP contribution is 2.17. The zero-order valence-electron chi connectivity index (χ0n) is 12.1. The van der Waals surface area contributed by atoms with E-state index in [1.165, 1.54) is 0 Å². The number of benzene rings is 2. The molecule has 1 heterocycles. The van der Waals surface area contributed by atoms with E-state index in [9.17, 15) is 9.59 Å². The van der Waals surface area contributed by atoms with E-state index in [0.717, 1.165) is 10.0 Å². The number of halogens is 1. The van der Waals surface area contributed by atoms with Gasteiger partial charge in [0.1, 0.15) is 6.61 Å². The number of rotatable bonds is 4. The second kappa shape index (κ2) is 6.75. The Morgan fingerprint density at radius 3 is 2.57 bits per heavy atom. The van der Waals surface area contributed by atoms with E-state index in [1.807, 2.05) is 24.3 Å². The van der Waals surface area contributed by atoms with Crippen LogP contribution in [-0.2, 0) is 22.6 Å². The SMILES string of the molecule is O=C(Cc1n[nH]c(=O)c2ccccc12)OCc1ccccc1Br. The lowest BCUT2D eigenvalue weighted by Gasteiger charge is -2.07. The Morgan fingerprint density at radius 2 is 1.78 bits per heavy atom. The van der Waals surface area contributed by atoms with Crippen LogP contribution in [0.25, 0.3) is 10.8 Å². The molecule has 0 amide bonds. The minimum Gasteiger partial charge on any atom is -0.460 e. The first-order valence-electron chi connectivity index (χ1n) is 7.00. The molecule has 0 saturated carbocycles. The maximum absolute atomic E-state index is 12.1. The highest BCUT2D eigenvalue weighted by Gasteiger charge is 2.12. The number of H-pyrrole nitrogens is 1. The fourth-order valence-corrected chi connectivity index (χ4v) is 2.67. The van der Waals surface area contributed by atoms with Crippen LogP contribution in [0.15, 0.2) is 57.8 Å². The molecule has 116 valence electrons. The molecule has 2 aromatic carbocycles. The van der Waals surface area contributed by atoms with Gasteiger partial charge in [-0.15, -0.1) is 0 Å². The summed E-state index contributed by atoms with van der Waals surface area (Å²) in [5.41, 5.74) is 1.11. The Bertz CT molecular complexity index is 921. The molecule has 1 aromatic heterocycles. The van der Waals surface area contributed by atoms with E-state index in [0.29, 0.717) is 16.5 Å². The Balaban J connectivity index is 1.75. The summed E-state index contributed by atoms with van der Waals surface area (Å²) >= 11 is 3.41. The molecule has 5 nitrogen and oxygen atoms in total. The van der Waals surface area contributed by atoms with Gasteiger partial charge in [-0.05, 0) is 12.1 Å². The predicted octanol–water partition coefficient (Wildman–Crippen LogP) is 2.97. The van der Waals surface area contributed by atoms with Crippen molar-refractivity contribution < 1.29 is 9.53 Å². The first-order chi connectivity index (χ1) is 11.1. The molecular formula is C17H13BrN2O3. The molecule has 3 aromatic rings. The summed E-state index contributed by atoms with van der Waals surface area (Å²) in [6, 6.07) is 14.6. The van der Waals surface area contributed by atoms with Crippen molar-refractivity contribution in [3.63, 3.8) is 0 Å². The lowest BCUT2D eigenvalue weighted by Crippen LogP contribution is -2.15. The number of aromatic amines is 1. The molecular weight excluding hydrogens is 360 g/mol. The van der Waals surface area contributed by atoms with Crippen LogP contribution < -0.4 is 5.56 Å². The fraction of sp³-hybridized carbons (Fsp3) is 0.118. The molecule has 0 unspecified atom stereocenters. The van der Waals surface area contributed by atoms with Gasteiger partial charge in [0, 0.05) is 15.4 Å². The number of hydrogen-bond acceptors (Lipinski definition) is 4. The smallest absolute Gasteiger partial charge is 0.312 e. The molecule has 0 bridgehead atoms. The highest BCUT2D eigenvalue weighted by molar-refractivity contribution is 9.10. The van der Waals surface area contributed by atoms with Crippen molar-refractivity contribution in [2.75, 3.05) is 0 Å². The number of nitrogens with one attached hydrogen (secondary N) is 1. The average molecular weight is 373 g/mol. The fourth-order valence-electron chi connectivity index (χ4n) is 2.27. The summed E-state index contributed by atoms with van der Waals surface area (Å²) in [6.45, 7) is 0.182. The zero-order chi connectivity index (χ0) is 16.2. The van der Waals surface area contributed by atoms with E-state index < -0.39 is 5.97 Å². The van der Waals surface area contributed by atoms with Gasteiger partial charge in [0.15, 0.2) is 0 Å². The van der Waals surface area contributed by atoms with Crippen molar-refractivity contribution in [2.45, 2.75) is 13.0 Å². The Morgan fingerprint density at radius 1 is 1.09 bits per heavy atom. The second-order valence-corrected chi connectivity index (χ2v) is 5.83. The summed E-state index contributed by atoms with van der Waals surface area (Å²) < 4.78 is 6.18. The molecule has 0 spiro atoms. The van der Waals surface area contributed by atoms with Crippen LogP contribution in [0.5, 0.6) is 0 Å². The minimum atomic E-state index is -0.398.